The van der Waals surface area contributed by atoms with Gasteiger partial charge in [0.1, 0.15) is 11.4 Å². The van der Waals surface area contributed by atoms with Gasteiger partial charge in [-0.2, -0.15) is 0 Å². The molecule has 0 atom stereocenters. The zero-order valence-electron chi connectivity index (χ0n) is 9.51. The Labute approximate surface area is 105 Å². The molecule has 0 unspecified atom stereocenters. The third-order valence-corrected chi connectivity index (χ3v) is 3.81. The van der Waals surface area contributed by atoms with Crippen LogP contribution in [0.25, 0.3) is 0 Å². The highest BCUT2D eigenvalue weighted by atomic mass is 35.5. The molecule has 4 heteroatoms. The normalized spacial score (nSPS) is 30.6. The van der Waals surface area contributed by atoms with Crippen LogP contribution >= 0.6 is 11.6 Å². The summed E-state index contributed by atoms with van der Waals surface area (Å²) in [4.78, 5) is 0. The summed E-state index contributed by atoms with van der Waals surface area (Å²) < 4.78 is 19.8. The second-order valence-electron chi connectivity index (χ2n) is 5.15. The average molecular weight is 256 g/mol. The van der Waals surface area contributed by atoms with Crippen LogP contribution in [0.15, 0.2) is 12.1 Å². The number of fused-ring (bicyclic) bond motifs is 1. The number of hydrogen-bond donors (Lipinski definition) is 1. The van der Waals surface area contributed by atoms with E-state index in [-0.39, 0.29) is 6.04 Å². The molecule has 92 valence electrons. The maximum Gasteiger partial charge on any atom is 0.126 e. The molecule has 2 aliphatic rings. The largest absolute Gasteiger partial charge is 0.493 e. The van der Waals surface area contributed by atoms with E-state index in [1.165, 1.54) is 0 Å². The maximum absolute atomic E-state index is 14.3. The van der Waals surface area contributed by atoms with Gasteiger partial charge in [0.25, 0.3) is 0 Å². The summed E-state index contributed by atoms with van der Waals surface area (Å²) in [6.45, 7) is 0.668. The van der Waals surface area contributed by atoms with Crippen LogP contribution in [0.2, 0.25) is 5.02 Å². The summed E-state index contributed by atoms with van der Waals surface area (Å²) in [6.07, 6.45) is 2.11. The molecule has 1 saturated carbocycles. The zero-order chi connectivity index (χ0) is 12.0. The van der Waals surface area contributed by atoms with Gasteiger partial charge < -0.3 is 10.5 Å². The van der Waals surface area contributed by atoms with E-state index in [4.69, 9.17) is 22.1 Å². The number of hydrogen-bond acceptors (Lipinski definition) is 2. The Bertz CT molecular complexity index is 457. The van der Waals surface area contributed by atoms with Crippen molar-refractivity contribution in [2.24, 2.45) is 5.73 Å². The quantitative estimate of drug-likeness (QED) is 0.882. The van der Waals surface area contributed by atoms with Crippen molar-refractivity contribution in [2.75, 3.05) is 6.61 Å². The van der Waals surface area contributed by atoms with Gasteiger partial charge in [0.2, 0.25) is 0 Å². The van der Waals surface area contributed by atoms with Crippen LogP contribution in [-0.2, 0) is 12.8 Å². The molecule has 1 aromatic rings. The van der Waals surface area contributed by atoms with E-state index in [1.807, 2.05) is 12.1 Å². The fourth-order valence-electron chi connectivity index (χ4n) is 2.84. The summed E-state index contributed by atoms with van der Waals surface area (Å²) in [5, 5.41) is 0.663. The third-order valence-electron chi connectivity index (χ3n) is 3.59. The SMILES string of the molecule is NC1CC(F)(Cc2cc(Cl)cc3c2OCC3)C1. The standard InChI is InChI=1S/C13H15ClFNO/c14-10-3-8-1-2-17-12(8)9(4-10)5-13(15)6-11(16)7-13/h3-4,11H,1-2,5-7,16H2. The minimum atomic E-state index is -1.16. The number of nitrogens with two attached hydrogens (primary N) is 1. The van der Waals surface area contributed by atoms with Gasteiger partial charge in [-0.1, -0.05) is 11.6 Å². The van der Waals surface area contributed by atoms with Crippen LogP contribution in [0.1, 0.15) is 24.0 Å². The lowest BCUT2D eigenvalue weighted by Gasteiger charge is -2.39. The molecule has 0 aromatic heterocycles. The van der Waals surface area contributed by atoms with Gasteiger partial charge in [0.05, 0.1) is 6.61 Å². The lowest BCUT2D eigenvalue weighted by Crippen LogP contribution is -2.49. The highest BCUT2D eigenvalue weighted by Crippen LogP contribution is 2.42. The van der Waals surface area contributed by atoms with E-state index in [0.717, 1.165) is 23.3 Å². The first-order chi connectivity index (χ1) is 8.06. The molecule has 1 heterocycles. The zero-order valence-corrected chi connectivity index (χ0v) is 10.3. The van der Waals surface area contributed by atoms with Crippen molar-refractivity contribution in [1.82, 2.24) is 0 Å². The average Bonchev–Trinajstić information content (AvgIpc) is 2.62. The molecule has 1 fully saturated rings. The van der Waals surface area contributed by atoms with Crippen molar-refractivity contribution < 1.29 is 9.13 Å². The van der Waals surface area contributed by atoms with Gasteiger partial charge in [0.15, 0.2) is 0 Å². The minimum Gasteiger partial charge on any atom is -0.493 e. The Balaban J connectivity index is 1.88. The van der Waals surface area contributed by atoms with Crippen molar-refractivity contribution in [2.45, 2.75) is 37.4 Å². The predicted octanol–water partition coefficient (Wildman–Crippen LogP) is 2.65. The first kappa shape index (κ1) is 11.3. The smallest absolute Gasteiger partial charge is 0.126 e. The molecule has 1 aliphatic carbocycles. The molecule has 0 bridgehead atoms. The van der Waals surface area contributed by atoms with Gasteiger partial charge in [-0.3, -0.25) is 0 Å². The lowest BCUT2D eigenvalue weighted by molar-refractivity contribution is 0.0438. The third kappa shape index (κ3) is 2.02. The topological polar surface area (TPSA) is 35.2 Å². The molecular weight excluding hydrogens is 241 g/mol. The second kappa shape index (κ2) is 3.85. The van der Waals surface area contributed by atoms with E-state index < -0.39 is 5.67 Å². The van der Waals surface area contributed by atoms with E-state index in [2.05, 4.69) is 0 Å². The van der Waals surface area contributed by atoms with Crippen LogP contribution in [0.5, 0.6) is 5.75 Å². The lowest BCUT2D eigenvalue weighted by atomic mass is 9.74. The van der Waals surface area contributed by atoms with Gasteiger partial charge in [-0.15, -0.1) is 0 Å². The van der Waals surface area contributed by atoms with Gasteiger partial charge >= 0.3 is 0 Å². The fraction of sp³-hybridized carbons (Fsp3) is 0.538. The fourth-order valence-corrected chi connectivity index (χ4v) is 3.11. The summed E-state index contributed by atoms with van der Waals surface area (Å²) in [5.41, 5.74) is 6.48. The number of ether oxygens (including phenoxy) is 1. The maximum atomic E-state index is 14.3. The van der Waals surface area contributed by atoms with E-state index >= 15 is 0 Å². The Kier molecular flexibility index (Phi) is 2.56. The van der Waals surface area contributed by atoms with Gasteiger partial charge in [-0.25, -0.2) is 4.39 Å². The Morgan fingerprint density at radius 3 is 2.94 bits per heavy atom. The number of benzene rings is 1. The van der Waals surface area contributed by atoms with Crippen molar-refractivity contribution in [3.8, 4) is 5.75 Å². The van der Waals surface area contributed by atoms with Crippen molar-refractivity contribution >= 4 is 11.6 Å². The van der Waals surface area contributed by atoms with Gasteiger partial charge in [-0.05, 0) is 36.1 Å². The molecule has 2 N–H and O–H groups in total. The Morgan fingerprint density at radius 2 is 2.24 bits per heavy atom. The summed E-state index contributed by atoms with van der Waals surface area (Å²) in [7, 11) is 0. The van der Waals surface area contributed by atoms with Crippen molar-refractivity contribution in [3.05, 3.63) is 28.3 Å². The number of alkyl halides is 1. The van der Waals surface area contributed by atoms with Crippen LogP contribution < -0.4 is 10.5 Å². The molecule has 17 heavy (non-hydrogen) atoms. The minimum absolute atomic E-state index is 0.00755. The molecule has 0 spiro atoms. The number of rotatable bonds is 2. The van der Waals surface area contributed by atoms with E-state index in [9.17, 15) is 4.39 Å². The Morgan fingerprint density at radius 1 is 1.47 bits per heavy atom. The first-order valence-electron chi connectivity index (χ1n) is 5.94. The van der Waals surface area contributed by atoms with Crippen LogP contribution in [0.3, 0.4) is 0 Å². The van der Waals surface area contributed by atoms with E-state index in [0.29, 0.717) is 30.9 Å². The molecule has 1 aliphatic heterocycles. The monoisotopic (exact) mass is 255 g/mol. The summed E-state index contributed by atoms with van der Waals surface area (Å²) >= 11 is 6.04. The highest BCUT2D eigenvalue weighted by molar-refractivity contribution is 6.30. The highest BCUT2D eigenvalue weighted by Gasteiger charge is 2.43. The molecular formula is C13H15ClFNO. The van der Waals surface area contributed by atoms with Gasteiger partial charge in [0, 0.05) is 23.9 Å². The number of halogens is 2. The van der Waals surface area contributed by atoms with Crippen molar-refractivity contribution in [3.63, 3.8) is 0 Å². The van der Waals surface area contributed by atoms with Crippen LogP contribution in [0, 0.1) is 0 Å². The summed E-state index contributed by atoms with van der Waals surface area (Å²) in [5.74, 6) is 0.840. The predicted molar refractivity (Wildman–Crippen MR) is 65.4 cm³/mol. The Hall–Kier alpha value is -0.800. The molecule has 0 amide bonds. The molecule has 2 nitrogen and oxygen atoms in total. The van der Waals surface area contributed by atoms with E-state index in [1.54, 1.807) is 0 Å². The summed E-state index contributed by atoms with van der Waals surface area (Å²) in [6, 6.07) is 3.73. The first-order valence-corrected chi connectivity index (χ1v) is 6.32. The molecule has 3 rings (SSSR count). The molecule has 0 saturated heterocycles. The van der Waals surface area contributed by atoms with Crippen molar-refractivity contribution in [1.29, 1.82) is 0 Å². The molecule has 1 aromatic carbocycles. The second-order valence-corrected chi connectivity index (χ2v) is 5.58. The van der Waals surface area contributed by atoms with Crippen LogP contribution in [-0.4, -0.2) is 18.3 Å². The molecule has 0 radical (unpaired) electrons. The van der Waals surface area contributed by atoms with Crippen LogP contribution in [0.4, 0.5) is 4.39 Å².